The van der Waals surface area contributed by atoms with Crippen molar-refractivity contribution in [2.45, 2.75) is 97.5 Å². The van der Waals surface area contributed by atoms with Crippen molar-refractivity contribution in [3.63, 3.8) is 0 Å². The summed E-state index contributed by atoms with van der Waals surface area (Å²) in [5, 5.41) is 0.00375. The van der Waals surface area contributed by atoms with Crippen LogP contribution in [0.3, 0.4) is 0 Å². The number of methoxy groups -OCH3 is 1. The molecule has 0 aliphatic carbocycles. The molecule has 0 aromatic carbocycles. The molecule has 0 aromatic rings. The van der Waals surface area contributed by atoms with Gasteiger partial charge in [-0.2, -0.15) is 0 Å². The topological polar surface area (TPSA) is 65.1 Å². The average molecular weight is 414 g/mol. The molecule has 1 rings (SSSR count). The first-order valence-electron chi connectivity index (χ1n) is 10.1. The summed E-state index contributed by atoms with van der Waals surface area (Å²) in [5.41, 5.74) is -0.132. The normalized spacial score (nSPS) is 18.8. The van der Waals surface area contributed by atoms with Crippen molar-refractivity contribution in [1.29, 1.82) is 0 Å². The molecule has 0 fully saturated rings. The quantitative estimate of drug-likeness (QED) is 0.455. The first kappa shape index (κ1) is 24.5. The molecule has 0 N–H and O–H groups in total. The van der Waals surface area contributed by atoms with Crippen LogP contribution in [0.1, 0.15) is 67.7 Å². The lowest BCUT2D eigenvalue weighted by Gasteiger charge is -2.42. The Labute approximate surface area is 171 Å². The maximum atomic E-state index is 12.8. The molecule has 7 heteroatoms. The number of amides is 1. The van der Waals surface area contributed by atoms with Gasteiger partial charge in [0.15, 0.2) is 0 Å². The third-order valence-corrected chi connectivity index (χ3v) is 9.74. The second-order valence-electron chi connectivity index (χ2n) is 9.92. The van der Waals surface area contributed by atoms with Gasteiger partial charge in [0, 0.05) is 13.0 Å². The van der Waals surface area contributed by atoms with E-state index in [0.717, 1.165) is 6.42 Å². The second-order valence-corrected chi connectivity index (χ2v) is 14.6. The van der Waals surface area contributed by atoms with Gasteiger partial charge in [-0.1, -0.05) is 34.1 Å². The lowest BCUT2D eigenvalue weighted by atomic mass is 9.94. The van der Waals surface area contributed by atoms with Crippen molar-refractivity contribution in [2.24, 2.45) is 0 Å². The van der Waals surface area contributed by atoms with E-state index in [1.165, 1.54) is 7.11 Å². The van der Waals surface area contributed by atoms with E-state index in [0.29, 0.717) is 30.7 Å². The van der Waals surface area contributed by atoms with Crippen LogP contribution in [-0.2, 0) is 18.7 Å². The molecule has 0 spiro atoms. The molecule has 1 amide bonds. The van der Waals surface area contributed by atoms with E-state index < -0.39 is 32.0 Å². The molecule has 1 aliphatic heterocycles. The fraction of sp³-hybridized carbons (Fsp3) is 0.810. The lowest BCUT2D eigenvalue weighted by Crippen LogP contribution is -2.50. The molecular formula is C21H39NO5Si. The van der Waals surface area contributed by atoms with E-state index in [1.54, 1.807) is 4.90 Å². The van der Waals surface area contributed by atoms with Crippen molar-refractivity contribution in [3.8, 4) is 0 Å². The number of ether oxygens (including phenoxy) is 2. The van der Waals surface area contributed by atoms with Crippen LogP contribution in [0.2, 0.25) is 18.1 Å². The first-order chi connectivity index (χ1) is 12.6. The van der Waals surface area contributed by atoms with Crippen LogP contribution in [0.5, 0.6) is 0 Å². The van der Waals surface area contributed by atoms with Crippen LogP contribution in [0.25, 0.3) is 0 Å². The highest BCUT2D eigenvalue weighted by Crippen LogP contribution is 2.40. The Morgan fingerprint density at radius 2 is 1.71 bits per heavy atom. The van der Waals surface area contributed by atoms with Crippen molar-refractivity contribution < 1.29 is 23.5 Å². The van der Waals surface area contributed by atoms with Gasteiger partial charge >= 0.3 is 12.1 Å². The summed E-state index contributed by atoms with van der Waals surface area (Å²) < 4.78 is 17.2. The van der Waals surface area contributed by atoms with Crippen LogP contribution < -0.4 is 0 Å². The third kappa shape index (κ3) is 6.00. The van der Waals surface area contributed by atoms with Crippen LogP contribution in [0.15, 0.2) is 11.3 Å². The zero-order valence-electron chi connectivity index (χ0n) is 19.4. The minimum atomic E-state index is -2.13. The molecule has 0 aromatic heterocycles. The van der Waals surface area contributed by atoms with E-state index in [-0.39, 0.29) is 5.04 Å². The van der Waals surface area contributed by atoms with Gasteiger partial charge in [0.2, 0.25) is 8.32 Å². The minimum Gasteiger partial charge on any atom is -0.546 e. The molecule has 1 aliphatic rings. The van der Waals surface area contributed by atoms with Gasteiger partial charge in [0.25, 0.3) is 0 Å². The summed E-state index contributed by atoms with van der Waals surface area (Å²) in [5.74, 6) is 0.247. The van der Waals surface area contributed by atoms with Crippen LogP contribution >= 0.6 is 0 Å². The Balaban J connectivity index is 3.38. The molecule has 0 saturated carbocycles. The van der Waals surface area contributed by atoms with Gasteiger partial charge in [0.1, 0.15) is 5.60 Å². The van der Waals surface area contributed by atoms with Crippen LogP contribution in [0, 0.1) is 0 Å². The summed E-state index contributed by atoms with van der Waals surface area (Å²) in [7, 11) is -0.763. The highest BCUT2D eigenvalue weighted by Gasteiger charge is 2.44. The number of hydrogen-bond acceptors (Lipinski definition) is 5. The minimum absolute atomic E-state index is 0.00375. The molecule has 1 heterocycles. The van der Waals surface area contributed by atoms with Crippen molar-refractivity contribution in [1.82, 2.24) is 4.90 Å². The molecule has 0 saturated heterocycles. The number of carbonyl (C=O) groups is 2. The summed E-state index contributed by atoms with van der Waals surface area (Å²) in [4.78, 5) is 27.2. The molecule has 0 radical (unpaired) electrons. The van der Waals surface area contributed by atoms with E-state index in [9.17, 15) is 9.59 Å². The maximum Gasteiger partial charge on any atom is 0.410 e. The summed E-state index contributed by atoms with van der Waals surface area (Å²) in [6.45, 7) is 18.8. The number of esters is 1. The Morgan fingerprint density at radius 3 is 2.14 bits per heavy atom. The Bertz CT molecular complexity index is 613. The van der Waals surface area contributed by atoms with Crippen LogP contribution in [-0.4, -0.2) is 50.6 Å². The maximum absolute atomic E-state index is 12.8. The number of rotatable bonds is 5. The molecular weight excluding hydrogens is 374 g/mol. The summed E-state index contributed by atoms with van der Waals surface area (Å²) in [6.07, 6.45) is 1.54. The monoisotopic (exact) mass is 413 g/mol. The first-order valence-corrected chi connectivity index (χ1v) is 13.1. The van der Waals surface area contributed by atoms with E-state index in [2.05, 4.69) is 33.9 Å². The predicted octanol–water partition coefficient (Wildman–Crippen LogP) is 5.24. The number of hydrogen-bond donors (Lipinski definition) is 0. The number of nitrogens with zero attached hydrogens (tertiary/aromatic N) is 1. The SMILES string of the molecule is CCC[C@@H]1C(C(=O)OC)=C(O[Si](C)(C)C(C)(C)C)CCN1C(=O)OC(C)(C)C. The second kappa shape index (κ2) is 8.89. The zero-order valence-corrected chi connectivity index (χ0v) is 20.4. The molecule has 162 valence electrons. The zero-order chi connectivity index (χ0) is 21.9. The Morgan fingerprint density at radius 1 is 1.14 bits per heavy atom. The largest absolute Gasteiger partial charge is 0.546 e. The molecule has 6 nitrogen and oxygen atoms in total. The van der Waals surface area contributed by atoms with E-state index >= 15 is 0 Å². The molecule has 1 atom stereocenters. The smallest absolute Gasteiger partial charge is 0.410 e. The van der Waals surface area contributed by atoms with E-state index in [1.807, 2.05) is 27.7 Å². The van der Waals surface area contributed by atoms with Gasteiger partial charge in [-0.15, -0.1) is 0 Å². The Kier molecular flexibility index (Phi) is 7.79. The van der Waals surface area contributed by atoms with Gasteiger partial charge in [-0.3, -0.25) is 0 Å². The van der Waals surface area contributed by atoms with E-state index in [4.69, 9.17) is 13.9 Å². The summed E-state index contributed by atoms with van der Waals surface area (Å²) >= 11 is 0. The standard InChI is InChI=1S/C21H39NO5Si/c1-11-12-15-17(18(23)25-8)16(27-28(9,10)21(5,6)7)13-14-22(15)19(24)26-20(2,3)4/h15H,11-14H2,1-10H3/t15-/m1/s1. The van der Waals surface area contributed by atoms with Gasteiger partial charge < -0.3 is 18.8 Å². The highest BCUT2D eigenvalue weighted by atomic mass is 28.4. The molecule has 28 heavy (non-hydrogen) atoms. The average Bonchev–Trinajstić information content (AvgIpc) is 2.51. The van der Waals surface area contributed by atoms with Crippen LogP contribution in [0.4, 0.5) is 4.79 Å². The summed E-state index contributed by atoms with van der Waals surface area (Å²) in [6, 6.07) is -0.402. The van der Waals surface area contributed by atoms with Gasteiger partial charge in [-0.05, 0) is 45.3 Å². The predicted molar refractivity (Wildman–Crippen MR) is 114 cm³/mol. The Hall–Kier alpha value is -1.50. The van der Waals surface area contributed by atoms with Crippen molar-refractivity contribution >= 4 is 20.4 Å². The van der Waals surface area contributed by atoms with Gasteiger partial charge in [-0.25, -0.2) is 9.59 Å². The van der Waals surface area contributed by atoms with Gasteiger partial charge in [0.05, 0.1) is 24.5 Å². The highest BCUT2D eigenvalue weighted by molar-refractivity contribution is 6.74. The van der Waals surface area contributed by atoms with Crippen molar-refractivity contribution in [2.75, 3.05) is 13.7 Å². The number of carbonyl (C=O) groups excluding carboxylic acids is 2. The lowest BCUT2D eigenvalue weighted by molar-refractivity contribution is -0.137. The fourth-order valence-corrected chi connectivity index (χ4v) is 4.03. The fourth-order valence-electron chi connectivity index (χ4n) is 2.89. The molecule has 0 bridgehead atoms. The van der Waals surface area contributed by atoms with Crippen molar-refractivity contribution in [3.05, 3.63) is 11.3 Å². The molecule has 0 unspecified atom stereocenters. The third-order valence-electron chi connectivity index (χ3n) is 5.37.